The summed E-state index contributed by atoms with van der Waals surface area (Å²) < 4.78 is 0. The second kappa shape index (κ2) is 21.8. The minimum absolute atomic E-state index is 1.03. The SMILES string of the molecule is CC/C=C/CCCCCCCC(CCCC)CCCCCCCCC. The fourth-order valence-corrected chi connectivity index (χ4v) is 3.83. The van der Waals surface area contributed by atoms with E-state index in [1.807, 2.05) is 0 Å². The maximum atomic E-state index is 2.36. The zero-order valence-corrected chi connectivity index (χ0v) is 18.2. The van der Waals surface area contributed by atoms with Crippen LogP contribution in [-0.2, 0) is 0 Å². The van der Waals surface area contributed by atoms with Gasteiger partial charge in [0.15, 0.2) is 0 Å². The molecule has 0 radical (unpaired) electrons. The van der Waals surface area contributed by atoms with Gasteiger partial charge in [-0.2, -0.15) is 0 Å². The predicted octanol–water partition coefficient (Wildman–Crippen LogP) is 9.63. The van der Waals surface area contributed by atoms with Crippen molar-refractivity contribution in [2.24, 2.45) is 5.92 Å². The van der Waals surface area contributed by atoms with Crippen LogP contribution in [0.1, 0.15) is 143 Å². The quantitative estimate of drug-likeness (QED) is 0.151. The van der Waals surface area contributed by atoms with E-state index in [0.29, 0.717) is 0 Å². The van der Waals surface area contributed by atoms with Gasteiger partial charge in [0.1, 0.15) is 0 Å². The Kier molecular flexibility index (Phi) is 21.6. The molecule has 0 aromatic heterocycles. The van der Waals surface area contributed by atoms with Crippen molar-refractivity contribution in [1.29, 1.82) is 0 Å². The summed E-state index contributed by atoms with van der Waals surface area (Å²) in [5.41, 5.74) is 0. The van der Waals surface area contributed by atoms with Crippen molar-refractivity contribution in [3.05, 3.63) is 12.2 Å². The molecule has 0 amide bonds. The van der Waals surface area contributed by atoms with Crippen molar-refractivity contribution >= 4 is 0 Å². The van der Waals surface area contributed by atoms with Gasteiger partial charge in [0.2, 0.25) is 0 Å². The summed E-state index contributed by atoms with van der Waals surface area (Å²) in [6.45, 7) is 6.87. The largest absolute Gasteiger partial charge is 0.0888 e. The van der Waals surface area contributed by atoms with Gasteiger partial charge in [-0.3, -0.25) is 0 Å². The van der Waals surface area contributed by atoms with Crippen LogP contribution >= 0.6 is 0 Å². The molecule has 0 fully saturated rings. The van der Waals surface area contributed by atoms with E-state index >= 15 is 0 Å². The molecular formula is C25H50. The van der Waals surface area contributed by atoms with E-state index in [-0.39, 0.29) is 0 Å². The summed E-state index contributed by atoms with van der Waals surface area (Å²) in [6.07, 6.45) is 31.9. The maximum Gasteiger partial charge on any atom is -0.0351 e. The van der Waals surface area contributed by atoms with E-state index in [9.17, 15) is 0 Å². The number of allylic oxidation sites excluding steroid dienone is 2. The number of rotatable bonds is 20. The topological polar surface area (TPSA) is 0 Å². The Morgan fingerprint density at radius 1 is 0.480 bits per heavy atom. The third-order valence-electron chi connectivity index (χ3n) is 5.57. The van der Waals surface area contributed by atoms with Crippen LogP contribution in [0.4, 0.5) is 0 Å². The molecule has 0 saturated carbocycles. The van der Waals surface area contributed by atoms with E-state index in [1.54, 1.807) is 0 Å². The Labute approximate surface area is 161 Å². The fourth-order valence-electron chi connectivity index (χ4n) is 3.83. The van der Waals surface area contributed by atoms with E-state index < -0.39 is 0 Å². The van der Waals surface area contributed by atoms with Crippen LogP contribution in [0.3, 0.4) is 0 Å². The summed E-state index contributed by atoms with van der Waals surface area (Å²) in [5.74, 6) is 1.03. The molecule has 0 aliphatic rings. The molecule has 25 heavy (non-hydrogen) atoms. The minimum Gasteiger partial charge on any atom is -0.0888 e. The molecule has 0 aliphatic heterocycles. The lowest BCUT2D eigenvalue weighted by atomic mass is 9.90. The lowest BCUT2D eigenvalue weighted by Gasteiger charge is -2.16. The normalized spacial score (nSPS) is 12.9. The molecule has 0 N–H and O–H groups in total. The van der Waals surface area contributed by atoms with Crippen molar-refractivity contribution in [1.82, 2.24) is 0 Å². The van der Waals surface area contributed by atoms with Crippen molar-refractivity contribution in [3.63, 3.8) is 0 Å². The van der Waals surface area contributed by atoms with E-state index in [2.05, 4.69) is 32.9 Å². The van der Waals surface area contributed by atoms with Crippen LogP contribution < -0.4 is 0 Å². The van der Waals surface area contributed by atoms with Crippen molar-refractivity contribution in [3.8, 4) is 0 Å². The van der Waals surface area contributed by atoms with Crippen LogP contribution in [0.15, 0.2) is 12.2 Å². The summed E-state index contributed by atoms with van der Waals surface area (Å²) in [6, 6.07) is 0. The first-order chi connectivity index (χ1) is 12.3. The highest BCUT2D eigenvalue weighted by Gasteiger charge is 2.08. The van der Waals surface area contributed by atoms with E-state index in [4.69, 9.17) is 0 Å². The molecule has 0 aromatic carbocycles. The molecular weight excluding hydrogens is 300 g/mol. The molecule has 0 aliphatic carbocycles. The number of hydrogen-bond donors (Lipinski definition) is 0. The van der Waals surface area contributed by atoms with Gasteiger partial charge in [-0.05, 0) is 25.2 Å². The van der Waals surface area contributed by atoms with Crippen molar-refractivity contribution < 1.29 is 0 Å². The van der Waals surface area contributed by atoms with E-state index in [0.717, 1.165) is 5.92 Å². The molecule has 0 spiro atoms. The molecule has 1 atom stereocenters. The highest BCUT2D eigenvalue weighted by atomic mass is 14.1. The highest BCUT2D eigenvalue weighted by Crippen LogP contribution is 2.24. The summed E-state index contributed by atoms with van der Waals surface area (Å²) >= 11 is 0. The van der Waals surface area contributed by atoms with Gasteiger partial charge in [0.25, 0.3) is 0 Å². The maximum absolute atomic E-state index is 2.36. The molecule has 0 nitrogen and oxygen atoms in total. The summed E-state index contributed by atoms with van der Waals surface area (Å²) in [5, 5.41) is 0. The molecule has 1 unspecified atom stereocenters. The molecule has 0 heteroatoms. The second-order valence-corrected chi connectivity index (χ2v) is 8.14. The fraction of sp³-hybridized carbons (Fsp3) is 0.920. The lowest BCUT2D eigenvalue weighted by Crippen LogP contribution is -2.01. The Morgan fingerprint density at radius 3 is 1.52 bits per heavy atom. The number of unbranched alkanes of at least 4 members (excludes halogenated alkanes) is 12. The first-order valence-corrected chi connectivity index (χ1v) is 12.0. The Hall–Kier alpha value is -0.260. The summed E-state index contributed by atoms with van der Waals surface area (Å²) in [4.78, 5) is 0. The van der Waals surface area contributed by atoms with Crippen LogP contribution in [0.5, 0.6) is 0 Å². The van der Waals surface area contributed by atoms with Gasteiger partial charge in [-0.1, -0.05) is 136 Å². The molecule has 150 valence electrons. The smallest absolute Gasteiger partial charge is 0.0351 e. The monoisotopic (exact) mass is 350 g/mol. The summed E-state index contributed by atoms with van der Waals surface area (Å²) in [7, 11) is 0. The van der Waals surface area contributed by atoms with Crippen molar-refractivity contribution in [2.75, 3.05) is 0 Å². The standard InChI is InChI=1S/C25H50/c1-4-7-10-12-14-15-17-19-21-24-25(22-9-6-3)23-20-18-16-13-11-8-5-2/h7,10,25H,4-6,8-9,11-24H2,1-3H3/b10-7+. The molecule has 0 heterocycles. The van der Waals surface area contributed by atoms with Crippen LogP contribution in [0.25, 0.3) is 0 Å². The Morgan fingerprint density at radius 2 is 0.960 bits per heavy atom. The Balaban J connectivity index is 3.58. The zero-order chi connectivity index (χ0) is 18.4. The average Bonchev–Trinajstić information content (AvgIpc) is 2.63. The predicted molar refractivity (Wildman–Crippen MR) is 117 cm³/mol. The van der Waals surface area contributed by atoms with Crippen LogP contribution in [0, 0.1) is 5.92 Å². The zero-order valence-electron chi connectivity index (χ0n) is 18.2. The van der Waals surface area contributed by atoms with E-state index in [1.165, 1.54) is 122 Å². The van der Waals surface area contributed by atoms with Gasteiger partial charge in [-0.15, -0.1) is 0 Å². The van der Waals surface area contributed by atoms with Crippen LogP contribution in [-0.4, -0.2) is 0 Å². The van der Waals surface area contributed by atoms with Crippen LogP contribution in [0.2, 0.25) is 0 Å². The van der Waals surface area contributed by atoms with Crippen molar-refractivity contribution in [2.45, 2.75) is 143 Å². The molecule has 0 bridgehead atoms. The first kappa shape index (κ1) is 24.7. The van der Waals surface area contributed by atoms with Gasteiger partial charge >= 0.3 is 0 Å². The van der Waals surface area contributed by atoms with Gasteiger partial charge in [0, 0.05) is 0 Å². The molecule has 0 rings (SSSR count). The van der Waals surface area contributed by atoms with Gasteiger partial charge < -0.3 is 0 Å². The van der Waals surface area contributed by atoms with Gasteiger partial charge in [0.05, 0.1) is 0 Å². The number of hydrogen-bond acceptors (Lipinski definition) is 0. The third kappa shape index (κ3) is 19.9. The van der Waals surface area contributed by atoms with Gasteiger partial charge in [-0.25, -0.2) is 0 Å². The third-order valence-corrected chi connectivity index (χ3v) is 5.57. The molecule has 0 aromatic rings. The lowest BCUT2D eigenvalue weighted by molar-refractivity contribution is 0.371. The minimum atomic E-state index is 1.03. The highest BCUT2D eigenvalue weighted by molar-refractivity contribution is 4.79. The first-order valence-electron chi connectivity index (χ1n) is 12.0. The Bertz CT molecular complexity index is 253. The average molecular weight is 351 g/mol. The second-order valence-electron chi connectivity index (χ2n) is 8.14. The molecule has 0 saturated heterocycles.